The standard InChI is InChI=1S/C13H17ClN2O3/c1-2-19-9-13(18)16-15-12(17)8-7-10-5-3-4-6-11(10)14/h3-6H,2,7-9H2,1H3,(H,15,17)(H,16,18). The van der Waals surface area contributed by atoms with E-state index in [9.17, 15) is 9.59 Å². The Labute approximate surface area is 117 Å². The van der Waals surface area contributed by atoms with Crippen LogP contribution in [0, 0.1) is 0 Å². The van der Waals surface area contributed by atoms with Crippen LogP contribution in [0.3, 0.4) is 0 Å². The Kier molecular flexibility index (Phi) is 6.92. The zero-order chi connectivity index (χ0) is 14.1. The van der Waals surface area contributed by atoms with E-state index in [1.54, 1.807) is 13.0 Å². The highest BCUT2D eigenvalue weighted by molar-refractivity contribution is 6.31. The van der Waals surface area contributed by atoms with Crippen LogP contribution in [0.1, 0.15) is 18.9 Å². The zero-order valence-corrected chi connectivity index (χ0v) is 11.5. The van der Waals surface area contributed by atoms with E-state index in [1.165, 1.54) is 0 Å². The van der Waals surface area contributed by atoms with Crippen molar-refractivity contribution in [3.63, 3.8) is 0 Å². The number of aryl methyl sites for hydroxylation is 1. The van der Waals surface area contributed by atoms with E-state index < -0.39 is 0 Å². The van der Waals surface area contributed by atoms with Gasteiger partial charge in [-0.15, -0.1) is 0 Å². The first kappa shape index (κ1) is 15.5. The van der Waals surface area contributed by atoms with Crippen LogP contribution in [0.5, 0.6) is 0 Å². The van der Waals surface area contributed by atoms with Crippen LogP contribution in [0.4, 0.5) is 0 Å². The molecule has 0 atom stereocenters. The van der Waals surface area contributed by atoms with Gasteiger partial charge in [0.25, 0.3) is 5.91 Å². The predicted molar refractivity (Wildman–Crippen MR) is 72.6 cm³/mol. The Balaban J connectivity index is 2.25. The Hall–Kier alpha value is -1.59. The SMILES string of the molecule is CCOCC(=O)NNC(=O)CCc1ccccc1Cl. The van der Waals surface area contributed by atoms with Gasteiger partial charge in [0.2, 0.25) is 5.91 Å². The first-order valence-electron chi connectivity index (χ1n) is 6.02. The van der Waals surface area contributed by atoms with Crippen LogP contribution < -0.4 is 10.9 Å². The van der Waals surface area contributed by atoms with Crippen molar-refractivity contribution in [2.24, 2.45) is 0 Å². The summed E-state index contributed by atoms with van der Waals surface area (Å²) < 4.78 is 4.89. The lowest BCUT2D eigenvalue weighted by Gasteiger charge is -2.07. The maximum Gasteiger partial charge on any atom is 0.264 e. The fraction of sp³-hybridized carbons (Fsp3) is 0.385. The number of carbonyl (C=O) groups excluding carboxylic acids is 2. The van der Waals surface area contributed by atoms with Crippen molar-refractivity contribution >= 4 is 23.4 Å². The smallest absolute Gasteiger partial charge is 0.264 e. The third-order valence-corrected chi connectivity index (χ3v) is 2.73. The minimum absolute atomic E-state index is 0.0682. The molecule has 0 fully saturated rings. The maximum absolute atomic E-state index is 11.5. The molecule has 19 heavy (non-hydrogen) atoms. The van der Waals surface area contributed by atoms with Crippen molar-refractivity contribution in [3.8, 4) is 0 Å². The number of amides is 2. The third kappa shape index (κ3) is 6.22. The van der Waals surface area contributed by atoms with Crippen molar-refractivity contribution in [2.45, 2.75) is 19.8 Å². The molecule has 5 nitrogen and oxygen atoms in total. The average molecular weight is 285 g/mol. The van der Waals surface area contributed by atoms with Crippen LogP contribution in [0.25, 0.3) is 0 Å². The fourth-order valence-electron chi connectivity index (χ4n) is 1.38. The molecule has 0 radical (unpaired) electrons. The van der Waals surface area contributed by atoms with E-state index in [0.717, 1.165) is 5.56 Å². The summed E-state index contributed by atoms with van der Waals surface area (Å²) >= 11 is 5.97. The molecule has 0 heterocycles. The van der Waals surface area contributed by atoms with Crippen molar-refractivity contribution in [1.29, 1.82) is 0 Å². The molecule has 0 saturated carbocycles. The van der Waals surface area contributed by atoms with Crippen LogP contribution in [0.15, 0.2) is 24.3 Å². The summed E-state index contributed by atoms with van der Waals surface area (Å²) in [6.45, 7) is 2.17. The molecule has 1 aromatic rings. The normalized spacial score (nSPS) is 10.0. The monoisotopic (exact) mass is 284 g/mol. The summed E-state index contributed by atoms with van der Waals surface area (Å²) in [6, 6.07) is 7.34. The summed E-state index contributed by atoms with van der Waals surface area (Å²) in [4.78, 5) is 22.7. The molecule has 6 heteroatoms. The molecule has 0 spiro atoms. The second-order valence-electron chi connectivity index (χ2n) is 3.82. The fourth-order valence-corrected chi connectivity index (χ4v) is 1.61. The minimum Gasteiger partial charge on any atom is -0.372 e. The molecule has 1 rings (SSSR count). The van der Waals surface area contributed by atoms with E-state index in [4.69, 9.17) is 16.3 Å². The van der Waals surface area contributed by atoms with Gasteiger partial charge in [0, 0.05) is 18.1 Å². The molecule has 0 bridgehead atoms. The van der Waals surface area contributed by atoms with Gasteiger partial charge >= 0.3 is 0 Å². The molecular weight excluding hydrogens is 268 g/mol. The third-order valence-electron chi connectivity index (χ3n) is 2.36. The van der Waals surface area contributed by atoms with E-state index in [2.05, 4.69) is 10.9 Å². The molecule has 1 aromatic carbocycles. The average Bonchev–Trinajstić information content (AvgIpc) is 2.42. The van der Waals surface area contributed by atoms with Gasteiger partial charge in [0.15, 0.2) is 0 Å². The quantitative estimate of drug-likeness (QED) is 0.777. The molecular formula is C13H17ClN2O3. The lowest BCUT2D eigenvalue weighted by Crippen LogP contribution is -2.43. The number of nitrogens with one attached hydrogen (secondary N) is 2. The van der Waals surface area contributed by atoms with Gasteiger partial charge in [-0.05, 0) is 25.0 Å². The second kappa shape index (κ2) is 8.50. The lowest BCUT2D eigenvalue weighted by atomic mass is 10.1. The van der Waals surface area contributed by atoms with E-state index >= 15 is 0 Å². The topological polar surface area (TPSA) is 67.4 Å². The first-order valence-corrected chi connectivity index (χ1v) is 6.40. The zero-order valence-electron chi connectivity index (χ0n) is 10.7. The Bertz CT molecular complexity index is 438. The first-order chi connectivity index (χ1) is 9.13. The summed E-state index contributed by atoms with van der Waals surface area (Å²) in [6.07, 6.45) is 0.769. The molecule has 0 unspecified atom stereocenters. The lowest BCUT2D eigenvalue weighted by molar-refractivity contribution is -0.131. The molecule has 0 aliphatic heterocycles. The van der Waals surface area contributed by atoms with E-state index in [0.29, 0.717) is 18.1 Å². The molecule has 0 saturated heterocycles. The molecule has 2 N–H and O–H groups in total. The van der Waals surface area contributed by atoms with Gasteiger partial charge in [0.05, 0.1) is 0 Å². The number of hydrogen-bond donors (Lipinski definition) is 2. The molecule has 0 aromatic heterocycles. The number of halogens is 1. The van der Waals surface area contributed by atoms with Gasteiger partial charge in [-0.1, -0.05) is 29.8 Å². The predicted octanol–water partition coefficient (Wildman–Crippen LogP) is 1.46. The number of carbonyl (C=O) groups is 2. The van der Waals surface area contributed by atoms with Gasteiger partial charge in [0.1, 0.15) is 6.61 Å². The van der Waals surface area contributed by atoms with Crippen molar-refractivity contribution < 1.29 is 14.3 Å². The van der Waals surface area contributed by atoms with Crippen LogP contribution >= 0.6 is 11.6 Å². The largest absolute Gasteiger partial charge is 0.372 e. The second-order valence-corrected chi connectivity index (χ2v) is 4.23. The molecule has 2 amide bonds. The van der Waals surface area contributed by atoms with Crippen LogP contribution in [-0.2, 0) is 20.7 Å². The Morgan fingerprint density at radius 1 is 1.21 bits per heavy atom. The van der Waals surface area contributed by atoms with Gasteiger partial charge in [-0.25, -0.2) is 0 Å². The van der Waals surface area contributed by atoms with E-state index in [1.807, 2.05) is 18.2 Å². The van der Waals surface area contributed by atoms with E-state index in [-0.39, 0.29) is 24.8 Å². The van der Waals surface area contributed by atoms with Gasteiger partial charge in [-0.2, -0.15) is 0 Å². The number of benzene rings is 1. The maximum atomic E-state index is 11.5. The minimum atomic E-state index is -0.382. The van der Waals surface area contributed by atoms with Gasteiger partial charge < -0.3 is 4.74 Å². The van der Waals surface area contributed by atoms with Crippen LogP contribution in [-0.4, -0.2) is 25.0 Å². The molecule has 104 valence electrons. The molecule has 0 aliphatic rings. The summed E-state index contributed by atoms with van der Waals surface area (Å²) in [7, 11) is 0. The van der Waals surface area contributed by atoms with Crippen molar-refractivity contribution in [3.05, 3.63) is 34.9 Å². The summed E-state index contributed by atoms with van der Waals surface area (Å²) in [5, 5.41) is 0.635. The number of ether oxygens (including phenoxy) is 1. The number of hydrazine groups is 1. The highest BCUT2D eigenvalue weighted by Gasteiger charge is 2.06. The highest BCUT2D eigenvalue weighted by Crippen LogP contribution is 2.16. The number of rotatable bonds is 6. The van der Waals surface area contributed by atoms with Gasteiger partial charge in [-0.3, -0.25) is 20.4 Å². The van der Waals surface area contributed by atoms with Crippen molar-refractivity contribution in [1.82, 2.24) is 10.9 Å². The van der Waals surface area contributed by atoms with Crippen molar-refractivity contribution in [2.75, 3.05) is 13.2 Å². The van der Waals surface area contributed by atoms with Crippen LogP contribution in [0.2, 0.25) is 5.02 Å². The summed E-state index contributed by atoms with van der Waals surface area (Å²) in [5.41, 5.74) is 5.49. The Morgan fingerprint density at radius 2 is 1.89 bits per heavy atom. The Morgan fingerprint density at radius 3 is 2.58 bits per heavy atom. The summed E-state index contributed by atoms with van der Waals surface area (Å²) in [5.74, 6) is -0.655. The molecule has 0 aliphatic carbocycles. The highest BCUT2D eigenvalue weighted by atomic mass is 35.5. The number of hydrogen-bond acceptors (Lipinski definition) is 3.